The Morgan fingerprint density at radius 1 is 1.42 bits per heavy atom. The van der Waals surface area contributed by atoms with Gasteiger partial charge in [0.1, 0.15) is 0 Å². The fourth-order valence-corrected chi connectivity index (χ4v) is 3.82. The van der Waals surface area contributed by atoms with Gasteiger partial charge in [-0.25, -0.2) is 0 Å². The Hall–Kier alpha value is -0.160. The lowest BCUT2D eigenvalue weighted by Gasteiger charge is -2.45. The van der Waals surface area contributed by atoms with E-state index in [0.29, 0.717) is 24.2 Å². The zero-order valence-corrected chi connectivity index (χ0v) is 12.5. The monoisotopic (exact) mass is 269 g/mol. The summed E-state index contributed by atoms with van der Waals surface area (Å²) in [5.41, 5.74) is 5.60. The summed E-state index contributed by atoms with van der Waals surface area (Å²) in [5.74, 6) is 0.784. The van der Waals surface area contributed by atoms with Crippen LogP contribution in [-0.4, -0.2) is 44.4 Å². The lowest BCUT2D eigenvalue weighted by molar-refractivity contribution is 0.0103. The number of nitrogens with two attached hydrogens (primary N) is 1. The Bertz CT molecular complexity index is 262. The molecule has 5 atom stereocenters. The highest BCUT2D eigenvalue weighted by Gasteiger charge is 2.39. The third-order valence-corrected chi connectivity index (χ3v) is 4.83. The van der Waals surface area contributed by atoms with Crippen molar-refractivity contribution in [1.29, 1.82) is 0 Å². The molecule has 5 unspecified atom stereocenters. The van der Waals surface area contributed by atoms with Crippen molar-refractivity contribution in [2.24, 2.45) is 11.7 Å². The van der Waals surface area contributed by atoms with E-state index in [-0.39, 0.29) is 0 Å². The maximum Gasteiger partial charge on any atom is 0.0590 e. The molecule has 1 saturated carbocycles. The summed E-state index contributed by atoms with van der Waals surface area (Å²) in [5, 5.41) is 7.55. The van der Waals surface area contributed by atoms with Crippen LogP contribution in [0.1, 0.15) is 45.4 Å². The molecule has 0 amide bonds. The number of nitrogens with one attached hydrogen (secondary N) is 2. The van der Waals surface area contributed by atoms with E-state index in [4.69, 9.17) is 10.5 Å². The number of piperidine rings is 1. The van der Waals surface area contributed by atoms with Crippen LogP contribution in [-0.2, 0) is 4.74 Å². The van der Waals surface area contributed by atoms with Crippen molar-refractivity contribution in [1.82, 2.24) is 10.6 Å². The molecule has 0 spiro atoms. The van der Waals surface area contributed by atoms with Crippen LogP contribution in [0.5, 0.6) is 0 Å². The lowest BCUT2D eigenvalue weighted by Crippen LogP contribution is -2.60. The van der Waals surface area contributed by atoms with Crippen molar-refractivity contribution in [2.75, 3.05) is 20.2 Å². The van der Waals surface area contributed by atoms with E-state index in [1.54, 1.807) is 0 Å². The van der Waals surface area contributed by atoms with Crippen LogP contribution in [0, 0.1) is 5.92 Å². The molecule has 4 N–H and O–H groups in total. The summed E-state index contributed by atoms with van der Waals surface area (Å²) >= 11 is 0. The minimum atomic E-state index is 0.431. The van der Waals surface area contributed by atoms with Gasteiger partial charge in [0.05, 0.1) is 6.10 Å². The van der Waals surface area contributed by atoms with Gasteiger partial charge >= 0.3 is 0 Å². The van der Waals surface area contributed by atoms with Gasteiger partial charge in [0.25, 0.3) is 0 Å². The molecule has 0 aromatic carbocycles. The summed E-state index contributed by atoms with van der Waals surface area (Å²) in [7, 11) is 1.86. The van der Waals surface area contributed by atoms with Gasteiger partial charge in [0, 0.05) is 25.2 Å². The summed E-state index contributed by atoms with van der Waals surface area (Å²) in [6, 6.07) is 1.74. The Labute approximate surface area is 117 Å². The summed E-state index contributed by atoms with van der Waals surface area (Å²) in [6.07, 6.45) is 7.74. The first-order chi connectivity index (χ1) is 9.24. The molecule has 4 nitrogen and oxygen atoms in total. The van der Waals surface area contributed by atoms with Crippen LogP contribution >= 0.6 is 0 Å². The molecule has 1 aliphatic heterocycles. The third-order valence-electron chi connectivity index (χ3n) is 4.83. The number of methoxy groups -OCH3 is 1. The van der Waals surface area contributed by atoms with Gasteiger partial charge in [-0.05, 0) is 64.5 Å². The van der Waals surface area contributed by atoms with Crippen LogP contribution in [0.3, 0.4) is 0 Å². The van der Waals surface area contributed by atoms with E-state index in [9.17, 15) is 0 Å². The van der Waals surface area contributed by atoms with Crippen LogP contribution in [0.25, 0.3) is 0 Å². The predicted molar refractivity (Wildman–Crippen MR) is 79.2 cm³/mol. The zero-order chi connectivity index (χ0) is 13.7. The van der Waals surface area contributed by atoms with Crippen molar-refractivity contribution in [2.45, 2.75) is 69.7 Å². The number of ether oxygens (including phenoxy) is 1. The molecule has 2 rings (SSSR count). The largest absolute Gasteiger partial charge is 0.381 e. The van der Waals surface area contributed by atoms with Gasteiger partial charge in [-0.15, -0.1) is 0 Å². The molecule has 1 saturated heterocycles. The molecule has 0 radical (unpaired) electrons. The number of rotatable bonds is 6. The first-order valence-corrected chi connectivity index (χ1v) is 7.97. The fourth-order valence-electron chi connectivity index (χ4n) is 3.82. The molecular formula is C15H31N3O. The van der Waals surface area contributed by atoms with Crippen molar-refractivity contribution in [3.05, 3.63) is 0 Å². The van der Waals surface area contributed by atoms with Crippen LogP contribution in [0.15, 0.2) is 0 Å². The molecule has 1 heterocycles. The van der Waals surface area contributed by atoms with Crippen molar-refractivity contribution < 1.29 is 4.74 Å². The second kappa shape index (κ2) is 7.58. The van der Waals surface area contributed by atoms with E-state index in [2.05, 4.69) is 17.6 Å². The molecule has 2 fully saturated rings. The highest BCUT2D eigenvalue weighted by molar-refractivity contribution is 4.98. The Morgan fingerprint density at radius 3 is 3.00 bits per heavy atom. The van der Waals surface area contributed by atoms with Crippen molar-refractivity contribution in [3.8, 4) is 0 Å². The summed E-state index contributed by atoms with van der Waals surface area (Å²) in [4.78, 5) is 0. The second-order valence-corrected chi connectivity index (χ2v) is 6.32. The maximum atomic E-state index is 5.65. The molecule has 2 aliphatic rings. The Balaban J connectivity index is 1.91. The molecule has 0 aromatic rings. The molecule has 19 heavy (non-hydrogen) atoms. The summed E-state index contributed by atoms with van der Waals surface area (Å²) in [6.45, 7) is 4.25. The average molecular weight is 269 g/mol. The molecule has 0 aromatic heterocycles. The minimum Gasteiger partial charge on any atom is -0.381 e. The fraction of sp³-hybridized carbons (Fsp3) is 1.00. The number of fused-ring (bicyclic) bond motifs is 1. The van der Waals surface area contributed by atoms with Gasteiger partial charge in [0.15, 0.2) is 0 Å². The minimum absolute atomic E-state index is 0.431. The van der Waals surface area contributed by atoms with E-state index >= 15 is 0 Å². The maximum absolute atomic E-state index is 5.65. The van der Waals surface area contributed by atoms with Crippen LogP contribution in [0.4, 0.5) is 0 Å². The summed E-state index contributed by atoms with van der Waals surface area (Å²) < 4.78 is 5.65. The standard InChI is InChI=1S/C15H31N3O/c1-11(5-3-7-16)18-14-10-13(19-2)9-12-6-4-8-17-15(12)14/h11-15,17-18H,3-10,16H2,1-2H3. The van der Waals surface area contributed by atoms with E-state index in [1.807, 2.05) is 7.11 Å². The Kier molecular flexibility index (Phi) is 6.07. The predicted octanol–water partition coefficient (Wildman–Crippen LogP) is 1.25. The van der Waals surface area contributed by atoms with Crippen molar-refractivity contribution >= 4 is 0 Å². The van der Waals surface area contributed by atoms with Gasteiger partial charge < -0.3 is 21.1 Å². The van der Waals surface area contributed by atoms with Gasteiger partial charge in [-0.2, -0.15) is 0 Å². The molecule has 4 heteroatoms. The van der Waals surface area contributed by atoms with Gasteiger partial charge in [0.2, 0.25) is 0 Å². The quantitative estimate of drug-likeness (QED) is 0.679. The Morgan fingerprint density at radius 2 is 2.26 bits per heavy atom. The molecule has 112 valence electrons. The molecular weight excluding hydrogens is 238 g/mol. The van der Waals surface area contributed by atoms with Gasteiger partial charge in [-0.1, -0.05) is 0 Å². The first kappa shape index (κ1) is 15.2. The average Bonchev–Trinajstić information content (AvgIpc) is 2.44. The van der Waals surface area contributed by atoms with E-state index < -0.39 is 0 Å². The smallest absolute Gasteiger partial charge is 0.0590 e. The topological polar surface area (TPSA) is 59.3 Å². The third kappa shape index (κ3) is 4.15. The highest BCUT2D eigenvalue weighted by atomic mass is 16.5. The first-order valence-electron chi connectivity index (χ1n) is 7.97. The number of hydrogen-bond donors (Lipinski definition) is 3. The van der Waals surface area contributed by atoms with E-state index in [1.165, 1.54) is 32.2 Å². The normalized spacial score (nSPS) is 36.8. The lowest BCUT2D eigenvalue weighted by atomic mass is 9.75. The zero-order valence-electron chi connectivity index (χ0n) is 12.5. The molecule has 1 aliphatic carbocycles. The van der Waals surface area contributed by atoms with Crippen LogP contribution < -0.4 is 16.4 Å². The van der Waals surface area contributed by atoms with Crippen molar-refractivity contribution in [3.63, 3.8) is 0 Å². The van der Waals surface area contributed by atoms with E-state index in [0.717, 1.165) is 25.3 Å². The highest BCUT2D eigenvalue weighted by Crippen LogP contribution is 2.32. The number of hydrogen-bond acceptors (Lipinski definition) is 4. The molecule has 0 bridgehead atoms. The SMILES string of the molecule is COC1CC2CCCNC2C(NC(C)CCCN)C1. The second-order valence-electron chi connectivity index (χ2n) is 6.32. The van der Waals surface area contributed by atoms with Crippen LogP contribution in [0.2, 0.25) is 0 Å². The van der Waals surface area contributed by atoms with Gasteiger partial charge in [-0.3, -0.25) is 0 Å².